The van der Waals surface area contributed by atoms with Gasteiger partial charge in [0.1, 0.15) is 0 Å². The molecule has 5 heteroatoms. The first-order chi connectivity index (χ1) is 12.3. The minimum Gasteiger partial charge on any atom is -0.356 e. The van der Waals surface area contributed by atoms with Crippen LogP contribution in [0.2, 0.25) is 0 Å². The Morgan fingerprint density at radius 1 is 1.12 bits per heavy atom. The van der Waals surface area contributed by atoms with Crippen LogP contribution in [0.4, 0.5) is 0 Å². The molecule has 1 aliphatic rings. The molecular formula is C20H28N4O. The highest BCUT2D eigenvalue weighted by Gasteiger charge is 2.09. The number of amides is 1. The Balaban J connectivity index is 1.33. The molecule has 2 aromatic rings. The molecule has 5 nitrogen and oxygen atoms in total. The largest absolute Gasteiger partial charge is 0.356 e. The van der Waals surface area contributed by atoms with Gasteiger partial charge in [0.25, 0.3) is 0 Å². The van der Waals surface area contributed by atoms with Crippen LogP contribution in [0.5, 0.6) is 0 Å². The molecule has 134 valence electrons. The molecule has 25 heavy (non-hydrogen) atoms. The Labute approximate surface area is 150 Å². The molecule has 1 fully saturated rings. The van der Waals surface area contributed by atoms with Gasteiger partial charge in [-0.05, 0) is 63.0 Å². The molecule has 3 rings (SSSR count). The number of rotatable bonds is 8. The van der Waals surface area contributed by atoms with Gasteiger partial charge in [-0.3, -0.25) is 4.79 Å². The van der Waals surface area contributed by atoms with E-state index in [1.807, 2.05) is 47.4 Å². The Kier molecular flexibility index (Phi) is 6.63. The van der Waals surface area contributed by atoms with E-state index < -0.39 is 0 Å². The third-order valence-corrected chi connectivity index (χ3v) is 4.72. The summed E-state index contributed by atoms with van der Waals surface area (Å²) in [6.07, 6.45) is 10.1. The fourth-order valence-electron chi connectivity index (χ4n) is 3.27. The van der Waals surface area contributed by atoms with Crippen molar-refractivity contribution in [1.82, 2.24) is 20.0 Å². The van der Waals surface area contributed by atoms with Crippen LogP contribution in [0, 0.1) is 0 Å². The third kappa shape index (κ3) is 5.71. The van der Waals surface area contributed by atoms with E-state index in [9.17, 15) is 4.79 Å². The number of piperidine rings is 1. The molecule has 0 bridgehead atoms. The number of carbonyl (C=O) groups excluding carboxylic acids is 1. The van der Waals surface area contributed by atoms with E-state index >= 15 is 0 Å². The van der Waals surface area contributed by atoms with E-state index in [1.54, 1.807) is 0 Å². The molecule has 0 radical (unpaired) electrons. The molecule has 0 aliphatic carbocycles. The smallest absolute Gasteiger partial charge is 0.220 e. The summed E-state index contributed by atoms with van der Waals surface area (Å²) in [5.74, 6) is 0.131. The van der Waals surface area contributed by atoms with E-state index in [0.29, 0.717) is 6.42 Å². The van der Waals surface area contributed by atoms with Gasteiger partial charge in [-0.15, -0.1) is 0 Å². The van der Waals surface area contributed by atoms with Crippen LogP contribution in [-0.2, 0) is 11.2 Å². The van der Waals surface area contributed by atoms with Gasteiger partial charge < -0.3 is 10.2 Å². The zero-order valence-corrected chi connectivity index (χ0v) is 14.9. The third-order valence-electron chi connectivity index (χ3n) is 4.72. The van der Waals surface area contributed by atoms with Crippen LogP contribution in [0.25, 0.3) is 5.69 Å². The topological polar surface area (TPSA) is 50.2 Å². The van der Waals surface area contributed by atoms with Crippen LogP contribution >= 0.6 is 0 Å². The fraction of sp³-hybridized carbons (Fsp3) is 0.500. The molecule has 1 aliphatic heterocycles. The molecule has 1 saturated heterocycles. The molecule has 0 atom stereocenters. The van der Waals surface area contributed by atoms with Gasteiger partial charge in [-0.25, -0.2) is 4.68 Å². The van der Waals surface area contributed by atoms with Crippen molar-refractivity contribution >= 4 is 5.91 Å². The second-order valence-corrected chi connectivity index (χ2v) is 6.73. The van der Waals surface area contributed by atoms with Crippen molar-refractivity contribution in [2.75, 3.05) is 26.2 Å². The van der Waals surface area contributed by atoms with Crippen LogP contribution in [0.1, 0.15) is 37.7 Å². The second-order valence-electron chi connectivity index (χ2n) is 6.73. The number of hydrogen-bond acceptors (Lipinski definition) is 3. The van der Waals surface area contributed by atoms with Crippen molar-refractivity contribution < 1.29 is 4.79 Å². The van der Waals surface area contributed by atoms with Crippen LogP contribution in [0.3, 0.4) is 0 Å². The average molecular weight is 340 g/mol. The van der Waals surface area contributed by atoms with Gasteiger partial charge in [0, 0.05) is 19.2 Å². The zero-order valence-electron chi connectivity index (χ0n) is 14.9. The van der Waals surface area contributed by atoms with Gasteiger partial charge in [0.15, 0.2) is 0 Å². The highest BCUT2D eigenvalue weighted by molar-refractivity contribution is 5.76. The van der Waals surface area contributed by atoms with Gasteiger partial charge >= 0.3 is 0 Å². The molecule has 0 unspecified atom stereocenters. The quantitative estimate of drug-likeness (QED) is 0.752. The Morgan fingerprint density at radius 3 is 2.72 bits per heavy atom. The summed E-state index contributed by atoms with van der Waals surface area (Å²) < 4.78 is 1.85. The first-order valence-electron chi connectivity index (χ1n) is 9.39. The summed E-state index contributed by atoms with van der Waals surface area (Å²) in [7, 11) is 0. The highest BCUT2D eigenvalue weighted by atomic mass is 16.1. The number of likely N-dealkylation sites (tertiary alicyclic amines) is 1. The van der Waals surface area contributed by atoms with Gasteiger partial charge in [0.05, 0.1) is 11.9 Å². The van der Waals surface area contributed by atoms with Gasteiger partial charge in [-0.2, -0.15) is 5.10 Å². The van der Waals surface area contributed by atoms with E-state index in [4.69, 9.17) is 0 Å². The number of benzene rings is 1. The lowest BCUT2D eigenvalue weighted by Gasteiger charge is -2.26. The number of aryl methyl sites for hydroxylation is 1. The van der Waals surface area contributed by atoms with Crippen molar-refractivity contribution in [2.24, 2.45) is 0 Å². The first kappa shape index (κ1) is 17.7. The number of aromatic nitrogens is 2. The molecule has 1 N–H and O–H groups in total. The van der Waals surface area contributed by atoms with E-state index in [0.717, 1.165) is 37.2 Å². The minimum atomic E-state index is 0.131. The number of para-hydroxylation sites is 1. The summed E-state index contributed by atoms with van der Waals surface area (Å²) in [4.78, 5) is 14.5. The van der Waals surface area contributed by atoms with Crippen LogP contribution in [-0.4, -0.2) is 46.8 Å². The fourth-order valence-corrected chi connectivity index (χ4v) is 3.27. The Bertz CT molecular complexity index is 647. The van der Waals surface area contributed by atoms with Crippen molar-refractivity contribution in [3.8, 4) is 5.69 Å². The molecule has 0 spiro atoms. The van der Waals surface area contributed by atoms with Crippen molar-refractivity contribution in [1.29, 1.82) is 0 Å². The Morgan fingerprint density at radius 2 is 1.92 bits per heavy atom. The lowest BCUT2D eigenvalue weighted by atomic mass is 10.1. The number of nitrogens with zero attached hydrogens (tertiary/aromatic N) is 3. The SMILES string of the molecule is O=C(CCc1cnn(-c2ccccc2)c1)NCCCN1CCCCC1. The van der Waals surface area contributed by atoms with Crippen molar-refractivity contribution in [3.05, 3.63) is 48.3 Å². The maximum Gasteiger partial charge on any atom is 0.220 e. The van der Waals surface area contributed by atoms with Crippen molar-refractivity contribution in [2.45, 2.75) is 38.5 Å². The summed E-state index contributed by atoms with van der Waals surface area (Å²) in [5, 5.41) is 7.41. The summed E-state index contributed by atoms with van der Waals surface area (Å²) >= 11 is 0. The predicted molar refractivity (Wildman–Crippen MR) is 99.8 cm³/mol. The maximum absolute atomic E-state index is 12.0. The van der Waals surface area contributed by atoms with Gasteiger partial charge in [0.2, 0.25) is 5.91 Å². The van der Waals surface area contributed by atoms with Crippen LogP contribution < -0.4 is 5.32 Å². The summed E-state index contributed by atoms with van der Waals surface area (Å²) in [5.41, 5.74) is 2.13. The second kappa shape index (κ2) is 9.37. The minimum absolute atomic E-state index is 0.131. The van der Waals surface area contributed by atoms with Crippen LogP contribution in [0.15, 0.2) is 42.7 Å². The molecule has 0 saturated carbocycles. The Hall–Kier alpha value is -2.14. The van der Waals surface area contributed by atoms with Crippen molar-refractivity contribution in [3.63, 3.8) is 0 Å². The highest BCUT2D eigenvalue weighted by Crippen LogP contribution is 2.10. The monoisotopic (exact) mass is 340 g/mol. The van der Waals surface area contributed by atoms with E-state index in [-0.39, 0.29) is 5.91 Å². The first-order valence-corrected chi connectivity index (χ1v) is 9.39. The summed E-state index contributed by atoms with van der Waals surface area (Å²) in [6, 6.07) is 10.0. The molecule has 1 amide bonds. The lowest BCUT2D eigenvalue weighted by molar-refractivity contribution is -0.121. The molecular weight excluding hydrogens is 312 g/mol. The average Bonchev–Trinajstić information content (AvgIpc) is 3.14. The number of carbonyl (C=O) groups is 1. The number of hydrogen-bond donors (Lipinski definition) is 1. The number of nitrogens with one attached hydrogen (secondary N) is 1. The normalized spacial score (nSPS) is 15.2. The van der Waals surface area contributed by atoms with E-state index in [2.05, 4.69) is 15.3 Å². The van der Waals surface area contributed by atoms with E-state index in [1.165, 1.54) is 32.4 Å². The molecule has 1 aromatic carbocycles. The zero-order chi connectivity index (χ0) is 17.3. The standard InChI is InChI=1S/C20H28N4O/c25-20(21-12-7-15-23-13-5-2-6-14-23)11-10-18-16-22-24(17-18)19-8-3-1-4-9-19/h1,3-4,8-9,16-17H,2,5-7,10-15H2,(H,21,25). The lowest BCUT2D eigenvalue weighted by Crippen LogP contribution is -2.33. The predicted octanol–water partition coefficient (Wildman–Crippen LogP) is 2.80. The van der Waals surface area contributed by atoms with Gasteiger partial charge in [-0.1, -0.05) is 24.6 Å². The molecule has 1 aromatic heterocycles. The maximum atomic E-state index is 12.0. The molecule has 2 heterocycles. The summed E-state index contributed by atoms with van der Waals surface area (Å²) in [6.45, 7) is 4.32.